The molecule has 1 aromatic carbocycles. The monoisotopic (exact) mass is 227 g/mol. The molecule has 0 aliphatic rings. The molecule has 3 heteroatoms. The van der Waals surface area contributed by atoms with Crippen LogP contribution in [0.25, 0.3) is 0 Å². The van der Waals surface area contributed by atoms with Crippen molar-refractivity contribution >= 4 is 0 Å². The summed E-state index contributed by atoms with van der Waals surface area (Å²) in [5.74, 6) is -0.945. The second-order valence-corrected chi connectivity index (χ2v) is 5.23. The van der Waals surface area contributed by atoms with E-state index in [1.54, 1.807) is 0 Å². The molecule has 1 unspecified atom stereocenters. The van der Waals surface area contributed by atoms with Crippen LogP contribution in [-0.2, 0) is 0 Å². The van der Waals surface area contributed by atoms with Gasteiger partial charge < -0.3 is 5.32 Å². The first-order valence-electron chi connectivity index (χ1n) is 5.49. The SMILES string of the molecule is CC(CNC(C)(C)C)c1cc(F)cc(F)c1. The molecule has 1 rings (SSSR count). The summed E-state index contributed by atoms with van der Waals surface area (Å²) in [5.41, 5.74) is 0.703. The highest BCUT2D eigenvalue weighted by Gasteiger charge is 2.13. The molecule has 0 spiro atoms. The summed E-state index contributed by atoms with van der Waals surface area (Å²) in [5, 5.41) is 3.31. The van der Waals surface area contributed by atoms with Crippen LogP contribution in [0.15, 0.2) is 18.2 Å². The summed E-state index contributed by atoms with van der Waals surface area (Å²) in [4.78, 5) is 0. The van der Waals surface area contributed by atoms with Gasteiger partial charge in [-0.1, -0.05) is 6.92 Å². The highest BCUT2D eigenvalue weighted by Crippen LogP contribution is 2.18. The molecule has 1 atom stereocenters. The number of halogens is 2. The Hall–Kier alpha value is -0.960. The van der Waals surface area contributed by atoms with Crippen LogP contribution in [-0.4, -0.2) is 12.1 Å². The van der Waals surface area contributed by atoms with Crippen molar-refractivity contribution in [3.63, 3.8) is 0 Å². The maximum atomic E-state index is 13.0. The minimum Gasteiger partial charge on any atom is -0.311 e. The zero-order valence-corrected chi connectivity index (χ0v) is 10.3. The fraction of sp³-hybridized carbons (Fsp3) is 0.538. The van der Waals surface area contributed by atoms with Gasteiger partial charge >= 0.3 is 0 Å². The van der Waals surface area contributed by atoms with Gasteiger partial charge in [-0.15, -0.1) is 0 Å². The van der Waals surface area contributed by atoms with Gasteiger partial charge in [0.25, 0.3) is 0 Å². The lowest BCUT2D eigenvalue weighted by molar-refractivity contribution is 0.411. The van der Waals surface area contributed by atoms with Gasteiger partial charge in [-0.05, 0) is 44.4 Å². The summed E-state index contributed by atoms with van der Waals surface area (Å²) < 4.78 is 26.0. The third-order valence-electron chi connectivity index (χ3n) is 2.39. The topological polar surface area (TPSA) is 12.0 Å². The van der Waals surface area contributed by atoms with E-state index in [0.717, 1.165) is 6.07 Å². The molecular weight excluding hydrogens is 208 g/mol. The first-order chi connectivity index (χ1) is 7.28. The summed E-state index contributed by atoms with van der Waals surface area (Å²) in [6.07, 6.45) is 0. The Kier molecular flexibility index (Phi) is 4.03. The lowest BCUT2D eigenvalue weighted by Crippen LogP contribution is -2.38. The molecule has 1 nitrogen and oxygen atoms in total. The molecule has 0 aromatic heterocycles. The van der Waals surface area contributed by atoms with E-state index in [-0.39, 0.29) is 11.5 Å². The smallest absolute Gasteiger partial charge is 0.126 e. The molecule has 16 heavy (non-hydrogen) atoms. The second kappa shape index (κ2) is 4.91. The number of hydrogen-bond donors (Lipinski definition) is 1. The number of rotatable bonds is 3. The van der Waals surface area contributed by atoms with Crippen LogP contribution < -0.4 is 5.32 Å². The van der Waals surface area contributed by atoms with Crippen molar-refractivity contribution in [2.24, 2.45) is 0 Å². The fourth-order valence-electron chi connectivity index (χ4n) is 1.44. The van der Waals surface area contributed by atoms with Crippen LogP contribution in [0.2, 0.25) is 0 Å². The van der Waals surface area contributed by atoms with Crippen molar-refractivity contribution in [2.75, 3.05) is 6.54 Å². The van der Waals surface area contributed by atoms with Gasteiger partial charge in [0.05, 0.1) is 0 Å². The molecule has 0 aliphatic heterocycles. The zero-order chi connectivity index (χ0) is 12.3. The van der Waals surface area contributed by atoms with Crippen molar-refractivity contribution in [2.45, 2.75) is 39.2 Å². The predicted octanol–water partition coefficient (Wildman–Crippen LogP) is 3.46. The van der Waals surface area contributed by atoms with Gasteiger partial charge in [0.15, 0.2) is 0 Å². The average Bonchev–Trinajstić information content (AvgIpc) is 2.11. The van der Waals surface area contributed by atoms with E-state index < -0.39 is 11.6 Å². The van der Waals surface area contributed by atoms with Crippen LogP contribution in [0, 0.1) is 11.6 Å². The number of nitrogens with one attached hydrogen (secondary N) is 1. The molecule has 0 heterocycles. The van der Waals surface area contributed by atoms with Gasteiger partial charge in [0.1, 0.15) is 11.6 Å². The minimum absolute atomic E-state index is 0.0140. The Labute approximate surface area is 95.9 Å². The summed E-state index contributed by atoms with van der Waals surface area (Å²) in [7, 11) is 0. The van der Waals surface area contributed by atoms with Crippen molar-refractivity contribution in [3.8, 4) is 0 Å². The van der Waals surface area contributed by atoms with Crippen LogP contribution in [0.4, 0.5) is 8.78 Å². The van der Waals surface area contributed by atoms with Crippen LogP contribution in [0.1, 0.15) is 39.2 Å². The highest BCUT2D eigenvalue weighted by atomic mass is 19.1. The summed E-state index contributed by atoms with van der Waals surface area (Å²) in [6.45, 7) is 8.84. The molecule has 1 N–H and O–H groups in total. The maximum Gasteiger partial charge on any atom is 0.126 e. The van der Waals surface area contributed by atoms with E-state index in [0.29, 0.717) is 12.1 Å². The van der Waals surface area contributed by atoms with Crippen LogP contribution >= 0.6 is 0 Å². The molecule has 0 radical (unpaired) electrons. The Morgan fingerprint density at radius 1 is 1.12 bits per heavy atom. The first kappa shape index (κ1) is 13.1. The number of benzene rings is 1. The van der Waals surface area contributed by atoms with Gasteiger partial charge in [-0.3, -0.25) is 0 Å². The Bertz CT molecular complexity index is 335. The Morgan fingerprint density at radius 3 is 2.06 bits per heavy atom. The van der Waals surface area contributed by atoms with E-state index in [1.807, 2.05) is 6.92 Å². The summed E-state index contributed by atoms with van der Waals surface area (Å²) >= 11 is 0. The molecule has 0 fully saturated rings. The lowest BCUT2D eigenvalue weighted by atomic mass is 9.99. The number of hydrogen-bond acceptors (Lipinski definition) is 1. The van der Waals surface area contributed by atoms with E-state index in [2.05, 4.69) is 26.1 Å². The minimum atomic E-state index is -0.516. The summed E-state index contributed by atoms with van der Waals surface area (Å²) in [6, 6.07) is 3.67. The van der Waals surface area contributed by atoms with Crippen molar-refractivity contribution in [1.82, 2.24) is 5.32 Å². The van der Waals surface area contributed by atoms with Crippen LogP contribution in [0.3, 0.4) is 0 Å². The van der Waals surface area contributed by atoms with Crippen molar-refractivity contribution < 1.29 is 8.78 Å². The van der Waals surface area contributed by atoms with E-state index >= 15 is 0 Å². The maximum absolute atomic E-state index is 13.0. The molecule has 0 aliphatic carbocycles. The van der Waals surface area contributed by atoms with Gasteiger partial charge in [0.2, 0.25) is 0 Å². The molecule has 1 aromatic rings. The van der Waals surface area contributed by atoms with Crippen LogP contribution in [0.5, 0.6) is 0 Å². The molecular formula is C13H19F2N. The average molecular weight is 227 g/mol. The van der Waals surface area contributed by atoms with Crippen molar-refractivity contribution in [3.05, 3.63) is 35.4 Å². The molecule has 0 saturated heterocycles. The van der Waals surface area contributed by atoms with Gasteiger partial charge in [-0.25, -0.2) is 8.78 Å². The first-order valence-corrected chi connectivity index (χ1v) is 5.49. The third-order valence-corrected chi connectivity index (χ3v) is 2.39. The Morgan fingerprint density at radius 2 is 1.62 bits per heavy atom. The molecule has 0 amide bonds. The normalized spacial score (nSPS) is 13.9. The van der Waals surface area contributed by atoms with E-state index in [1.165, 1.54) is 12.1 Å². The standard InChI is InChI=1S/C13H19F2N/c1-9(8-16-13(2,3)4)10-5-11(14)7-12(15)6-10/h5-7,9,16H,8H2,1-4H3. The Balaban J connectivity index is 2.69. The molecule has 0 saturated carbocycles. The largest absolute Gasteiger partial charge is 0.311 e. The third kappa shape index (κ3) is 4.27. The second-order valence-electron chi connectivity index (χ2n) is 5.23. The quantitative estimate of drug-likeness (QED) is 0.834. The lowest BCUT2D eigenvalue weighted by Gasteiger charge is -2.23. The zero-order valence-electron chi connectivity index (χ0n) is 10.3. The molecule has 90 valence electrons. The predicted molar refractivity (Wildman–Crippen MR) is 62.5 cm³/mol. The van der Waals surface area contributed by atoms with E-state index in [4.69, 9.17) is 0 Å². The highest BCUT2D eigenvalue weighted by molar-refractivity contribution is 5.21. The van der Waals surface area contributed by atoms with E-state index in [9.17, 15) is 8.78 Å². The van der Waals surface area contributed by atoms with Crippen molar-refractivity contribution in [1.29, 1.82) is 0 Å². The van der Waals surface area contributed by atoms with Gasteiger partial charge in [-0.2, -0.15) is 0 Å². The van der Waals surface area contributed by atoms with Gasteiger partial charge in [0, 0.05) is 18.2 Å². The fourth-order valence-corrected chi connectivity index (χ4v) is 1.44. The molecule has 0 bridgehead atoms.